The molecule has 1 saturated heterocycles. The Morgan fingerprint density at radius 2 is 0.920 bits per heavy atom. The highest BCUT2D eigenvalue weighted by Gasteiger charge is 2.46. The summed E-state index contributed by atoms with van der Waals surface area (Å²) in [4.78, 5) is 0. The molecule has 0 spiro atoms. The van der Waals surface area contributed by atoms with Crippen LogP contribution in [0.2, 0.25) is 0 Å². The molecular weight excluding hydrogens is 312 g/mol. The zero-order chi connectivity index (χ0) is 17.0. The van der Waals surface area contributed by atoms with Crippen molar-refractivity contribution >= 4 is 0 Å². The fraction of sp³-hybridized carbons (Fsp3) is 0.182. The van der Waals surface area contributed by atoms with Crippen LogP contribution in [0.3, 0.4) is 0 Å². The molecule has 0 aromatic heterocycles. The molecule has 0 amide bonds. The highest BCUT2D eigenvalue weighted by Crippen LogP contribution is 2.44. The Hall–Kier alpha value is -2.46. The molecule has 0 atom stereocenters. The average Bonchev–Trinajstić information content (AvgIpc) is 2.72. The van der Waals surface area contributed by atoms with Gasteiger partial charge in [0, 0.05) is 0 Å². The van der Waals surface area contributed by atoms with Crippen LogP contribution in [-0.4, -0.2) is 19.9 Å². The molecule has 3 aromatic carbocycles. The molecule has 0 saturated carbocycles. The van der Waals surface area contributed by atoms with Gasteiger partial charge >= 0.3 is 0 Å². The summed E-state index contributed by atoms with van der Waals surface area (Å²) in [5.74, 6) is 0. The van der Waals surface area contributed by atoms with Crippen LogP contribution < -0.4 is 0 Å². The third-order valence-electron chi connectivity index (χ3n) is 4.65. The molecule has 3 heteroatoms. The first-order valence-electron chi connectivity index (χ1n) is 8.40. The van der Waals surface area contributed by atoms with Gasteiger partial charge in [0.25, 0.3) is 0 Å². The predicted octanol–water partition coefficient (Wildman–Crippen LogP) is 4.33. The van der Waals surface area contributed by atoms with Gasteiger partial charge in [0.2, 0.25) is 0 Å². The van der Waals surface area contributed by atoms with E-state index in [4.69, 9.17) is 14.2 Å². The molecular formula is C22H20O3. The summed E-state index contributed by atoms with van der Waals surface area (Å²) in [6, 6.07) is 31.1. The SMILES string of the molecule is c1ccc(C(c2ccccc2)(c2ccccc2)C2OCOCO2)cc1. The molecule has 4 rings (SSSR count). The van der Waals surface area contributed by atoms with Gasteiger partial charge in [0.15, 0.2) is 19.9 Å². The fourth-order valence-corrected chi connectivity index (χ4v) is 3.56. The second-order valence-corrected chi connectivity index (χ2v) is 6.01. The first-order valence-corrected chi connectivity index (χ1v) is 8.40. The predicted molar refractivity (Wildman–Crippen MR) is 96.0 cm³/mol. The van der Waals surface area contributed by atoms with E-state index in [-0.39, 0.29) is 13.6 Å². The average molecular weight is 332 g/mol. The summed E-state index contributed by atoms with van der Waals surface area (Å²) in [5.41, 5.74) is 2.80. The van der Waals surface area contributed by atoms with Crippen molar-refractivity contribution in [2.75, 3.05) is 13.6 Å². The molecule has 25 heavy (non-hydrogen) atoms. The van der Waals surface area contributed by atoms with Crippen molar-refractivity contribution in [3.63, 3.8) is 0 Å². The van der Waals surface area contributed by atoms with Gasteiger partial charge in [-0.1, -0.05) is 91.0 Å². The van der Waals surface area contributed by atoms with E-state index in [0.29, 0.717) is 0 Å². The maximum atomic E-state index is 5.96. The Labute approximate surface area is 147 Å². The Morgan fingerprint density at radius 1 is 0.560 bits per heavy atom. The summed E-state index contributed by atoms with van der Waals surface area (Å²) in [6.07, 6.45) is -0.478. The summed E-state index contributed by atoms with van der Waals surface area (Å²) in [7, 11) is 0. The number of ether oxygens (including phenoxy) is 3. The third-order valence-corrected chi connectivity index (χ3v) is 4.65. The molecule has 1 aliphatic heterocycles. The second kappa shape index (κ2) is 7.19. The van der Waals surface area contributed by atoms with Gasteiger partial charge in [-0.05, 0) is 16.7 Å². The zero-order valence-electron chi connectivity index (χ0n) is 13.9. The lowest BCUT2D eigenvalue weighted by Gasteiger charge is -2.43. The zero-order valence-corrected chi connectivity index (χ0v) is 13.9. The minimum atomic E-state index is -0.576. The third kappa shape index (κ3) is 2.87. The first kappa shape index (κ1) is 16.0. The Bertz CT molecular complexity index is 685. The lowest BCUT2D eigenvalue weighted by molar-refractivity contribution is -0.311. The molecule has 126 valence electrons. The number of hydrogen-bond donors (Lipinski definition) is 0. The number of hydrogen-bond acceptors (Lipinski definition) is 3. The summed E-state index contributed by atoms with van der Waals surface area (Å²) >= 11 is 0. The molecule has 3 aromatic rings. The van der Waals surface area contributed by atoms with Crippen LogP contribution in [-0.2, 0) is 19.6 Å². The minimum absolute atomic E-state index is 0.221. The van der Waals surface area contributed by atoms with Crippen LogP contribution in [0.5, 0.6) is 0 Å². The minimum Gasteiger partial charge on any atom is -0.329 e. The maximum Gasteiger partial charge on any atom is 0.180 e. The number of rotatable bonds is 4. The van der Waals surface area contributed by atoms with Crippen LogP contribution >= 0.6 is 0 Å². The van der Waals surface area contributed by atoms with Crippen molar-refractivity contribution in [1.82, 2.24) is 0 Å². The highest BCUT2D eigenvalue weighted by atomic mass is 16.8. The van der Waals surface area contributed by atoms with E-state index >= 15 is 0 Å². The van der Waals surface area contributed by atoms with Gasteiger partial charge in [-0.3, -0.25) is 0 Å². The van der Waals surface area contributed by atoms with Crippen LogP contribution in [0.4, 0.5) is 0 Å². The molecule has 0 aliphatic carbocycles. The van der Waals surface area contributed by atoms with Gasteiger partial charge < -0.3 is 14.2 Å². The van der Waals surface area contributed by atoms with Gasteiger partial charge in [0.1, 0.15) is 0 Å². The van der Waals surface area contributed by atoms with Gasteiger partial charge in [0.05, 0.1) is 5.41 Å². The van der Waals surface area contributed by atoms with E-state index in [1.165, 1.54) is 0 Å². The molecule has 1 aliphatic rings. The van der Waals surface area contributed by atoms with Crippen LogP contribution in [0.15, 0.2) is 91.0 Å². The highest BCUT2D eigenvalue weighted by molar-refractivity contribution is 5.51. The maximum absolute atomic E-state index is 5.96. The van der Waals surface area contributed by atoms with E-state index in [1.807, 2.05) is 18.2 Å². The number of benzene rings is 3. The Kier molecular flexibility index (Phi) is 4.61. The second-order valence-electron chi connectivity index (χ2n) is 6.01. The van der Waals surface area contributed by atoms with E-state index in [1.54, 1.807) is 0 Å². The van der Waals surface area contributed by atoms with E-state index in [9.17, 15) is 0 Å². The van der Waals surface area contributed by atoms with Gasteiger partial charge in [-0.25, -0.2) is 0 Å². The van der Waals surface area contributed by atoms with Crippen molar-refractivity contribution in [2.45, 2.75) is 11.7 Å². The van der Waals surface area contributed by atoms with Crippen molar-refractivity contribution in [1.29, 1.82) is 0 Å². The Morgan fingerprint density at radius 3 is 1.28 bits per heavy atom. The monoisotopic (exact) mass is 332 g/mol. The molecule has 0 unspecified atom stereocenters. The standard InChI is InChI=1S/C22H20O3/c1-4-10-18(11-5-1)22(19-12-6-2-7-13-19,20-14-8-3-9-15-20)21-24-16-23-17-25-21/h1-15,21H,16-17H2. The molecule has 3 nitrogen and oxygen atoms in total. The smallest absolute Gasteiger partial charge is 0.180 e. The molecule has 0 radical (unpaired) electrons. The van der Waals surface area contributed by atoms with Gasteiger partial charge in [-0.15, -0.1) is 0 Å². The van der Waals surface area contributed by atoms with Crippen molar-refractivity contribution in [2.24, 2.45) is 0 Å². The van der Waals surface area contributed by atoms with Crippen LogP contribution in [0.1, 0.15) is 16.7 Å². The van der Waals surface area contributed by atoms with Gasteiger partial charge in [-0.2, -0.15) is 0 Å². The van der Waals surface area contributed by atoms with Crippen LogP contribution in [0, 0.1) is 0 Å². The van der Waals surface area contributed by atoms with E-state index < -0.39 is 11.7 Å². The van der Waals surface area contributed by atoms with Crippen molar-refractivity contribution in [3.8, 4) is 0 Å². The molecule has 1 fully saturated rings. The lowest BCUT2D eigenvalue weighted by atomic mass is 9.68. The van der Waals surface area contributed by atoms with Crippen molar-refractivity contribution in [3.05, 3.63) is 108 Å². The fourth-order valence-electron chi connectivity index (χ4n) is 3.56. The van der Waals surface area contributed by atoms with Crippen LogP contribution in [0.25, 0.3) is 0 Å². The molecule has 0 N–H and O–H groups in total. The summed E-state index contributed by atoms with van der Waals surface area (Å²) < 4.78 is 17.2. The summed E-state index contributed by atoms with van der Waals surface area (Å²) in [5, 5.41) is 0. The normalized spacial score (nSPS) is 15.8. The largest absolute Gasteiger partial charge is 0.329 e. The topological polar surface area (TPSA) is 27.7 Å². The summed E-state index contributed by atoms with van der Waals surface area (Å²) in [6.45, 7) is 0.442. The van der Waals surface area contributed by atoms with Crippen molar-refractivity contribution < 1.29 is 14.2 Å². The van der Waals surface area contributed by atoms with E-state index in [0.717, 1.165) is 16.7 Å². The van der Waals surface area contributed by atoms with E-state index in [2.05, 4.69) is 72.8 Å². The molecule has 0 bridgehead atoms. The quantitative estimate of drug-likeness (QED) is 0.666. The Balaban J connectivity index is 2.01. The lowest BCUT2D eigenvalue weighted by Crippen LogP contribution is -2.47. The first-order chi connectivity index (χ1) is 12.4. The molecule has 1 heterocycles.